The first-order valence-corrected chi connectivity index (χ1v) is 9.70. The first-order chi connectivity index (χ1) is 13.4. The van der Waals surface area contributed by atoms with Crippen LogP contribution < -0.4 is 19.9 Å². The number of amides is 2. The summed E-state index contributed by atoms with van der Waals surface area (Å²) >= 11 is 3.44. The van der Waals surface area contributed by atoms with Crippen LogP contribution in [0.15, 0.2) is 52.5 Å². The van der Waals surface area contributed by atoms with Crippen LogP contribution in [-0.4, -0.2) is 25.0 Å². The number of carbonyl (C=O) groups excluding carboxylic acids is 2. The van der Waals surface area contributed by atoms with Crippen LogP contribution in [0.1, 0.15) is 25.8 Å². The van der Waals surface area contributed by atoms with Crippen molar-refractivity contribution in [2.75, 3.05) is 12.1 Å². The molecule has 0 aromatic heterocycles. The van der Waals surface area contributed by atoms with Crippen LogP contribution in [0.25, 0.3) is 6.08 Å². The van der Waals surface area contributed by atoms with Crippen molar-refractivity contribution in [3.05, 3.63) is 58.1 Å². The van der Waals surface area contributed by atoms with E-state index in [-0.39, 0.29) is 11.7 Å². The van der Waals surface area contributed by atoms with Crippen molar-refractivity contribution < 1.29 is 19.1 Å². The summed E-state index contributed by atoms with van der Waals surface area (Å²) < 4.78 is 12.2. The molecule has 0 bridgehead atoms. The van der Waals surface area contributed by atoms with Gasteiger partial charge in [-0.2, -0.15) is 0 Å². The van der Waals surface area contributed by atoms with Crippen LogP contribution in [-0.2, 0) is 9.59 Å². The van der Waals surface area contributed by atoms with E-state index in [1.165, 1.54) is 11.1 Å². The van der Waals surface area contributed by atoms with Crippen LogP contribution in [0.2, 0.25) is 0 Å². The number of carbonyl (C=O) groups is 2. The monoisotopic (exact) mass is 444 g/mol. The lowest BCUT2D eigenvalue weighted by Gasteiger charge is -2.18. The van der Waals surface area contributed by atoms with Crippen LogP contribution in [0.4, 0.5) is 5.69 Å². The van der Waals surface area contributed by atoms with Crippen LogP contribution in [0, 0.1) is 0 Å². The minimum Gasteiger partial charge on any atom is -0.493 e. The second-order valence-electron chi connectivity index (χ2n) is 6.34. The summed E-state index contributed by atoms with van der Waals surface area (Å²) in [5.74, 6) is 0.116. The molecule has 1 N–H and O–H groups in total. The zero-order chi connectivity index (χ0) is 20.3. The summed E-state index contributed by atoms with van der Waals surface area (Å²) in [5, 5.41) is 1.23. The molecule has 3 rings (SSSR count). The third-order valence-electron chi connectivity index (χ3n) is 4.37. The van der Waals surface area contributed by atoms with Gasteiger partial charge in [-0.15, -0.1) is 0 Å². The number of anilines is 1. The number of benzene rings is 2. The Hall–Kier alpha value is -2.80. The average Bonchev–Trinajstić information content (AvgIpc) is 2.98. The van der Waals surface area contributed by atoms with Gasteiger partial charge < -0.3 is 9.47 Å². The van der Waals surface area contributed by atoms with Crippen molar-refractivity contribution in [3.8, 4) is 11.5 Å². The maximum atomic E-state index is 12.8. The topological polar surface area (TPSA) is 67.9 Å². The highest BCUT2D eigenvalue weighted by atomic mass is 79.9. The van der Waals surface area contributed by atoms with Crippen LogP contribution >= 0.6 is 15.9 Å². The van der Waals surface area contributed by atoms with E-state index in [4.69, 9.17) is 9.47 Å². The molecule has 2 aromatic rings. The van der Waals surface area contributed by atoms with Crippen molar-refractivity contribution >= 4 is 39.5 Å². The van der Waals surface area contributed by atoms with Crippen molar-refractivity contribution in [1.29, 1.82) is 0 Å². The van der Waals surface area contributed by atoms with Crippen molar-refractivity contribution in [2.45, 2.75) is 26.4 Å². The van der Waals surface area contributed by atoms with E-state index in [9.17, 15) is 9.59 Å². The number of hydrogen-bond donors (Lipinski definition) is 1. The molecule has 1 saturated heterocycles. The van der Waals surface area contributed by atoms with Gasteiger partial charge >= 0.3 is 0 Å². The predicted molar refractivity (Wildman–Crippen MR) is 111 cm³/mol. The fourth-order valence-corrected chi connectivity index (χ4v) is 3.18. The average molecular weight is 445 g/mol. The largest absolute Gasteiger partial charge is 0.493 e. The first kappa shape index (κ1) is 19.9. The van der Waals surface area contributed by atoms with Crippen molar-refractivity contribution in [2.24, 2.45) is 0 Å². The van der Waals surface area contributed by atoms with Gasteiger partial charge in [0.05, 0.1) is 18.9 Å². The molecular weight excluding hydrogens is 424 g/mol. The molecule has 1 aliphatic heterocycles. The summed E-state index contributed by atoms with van der Waals surface area (Å²) in [4.78, 5) is 25.3. The Morgan fingerprint density at radius 3 is 2.57 bits per heavy atom. The lowest BCUT2D eigenvalue weighted by Crippen LogP contribution is -2.35. The number of rotatable bonds is 6. The smallest absolute Gasteiger partial charge is 0.282 e. The summed E-state index contributed by atoms with van der Waals surface area (Å²) in [7, 11) is 1.55. The molecule has 1 heterocycles. The molecule has 0 saturated carbocycles. The Balaban J connectivity index is 2.04. The van der Waals surface area contributed by atoms with Gasteiger partial charge in [-0.3, -0.25) is 15.0 Å². The van der Waals surface area contributed by atoms with Gasteiger partial charge in [-0.05, 0) is 43.7 Å². The molecule has 6 nitrogen and oxygen atoms in total. The number of methoxy groups -OCH3 is 1. The predicted octanol–water partition coefficient (Wildman–Crippen LogP) is 4.10. The Kier molecular flexibility index (Phi) is 6.04. The molecule has 2 amide bonds. The van der Waals surface area contributed by atoms with Crippen molar-refractivity contribution in [1.82, 2.24) is 5.43 Å². The maximum absolute atomic E-state index is 12.8. The summed E-state index contributed by atoms with van der Waals surface area (Å²) in [6, 6.07) is 12.5. The van der Waals surface area contributed by atoms with E-state index in [2.05, 4.69) is 21.4 Å². The van der Waals surface area contributed by atoms with E-state index in [1.807, 2.05) is 19.9 Å². The Morgan fingerprint density at radius 1 is 1.21 bits per heavy atom. The Bertz CT molecular complexity index is 928. The molecule has 0 spiro atoms. The van der Waals surface area contributed by atoms with Gasteiger partial charge in [-0.25, -0.2) is 5.01 Å². The summed E-state index contributed by atoms with van der Waals surface area (Å²) in [5.41, 5.74) is 3.80. The van der Waals surface area contributed by atoms with Gasteiger partial charge in [-0.1, -0.05) is 41.1 Å². The van der Waals surface area contributed by atoms with E-state index in [0.717, 1.165) is 10.9 Å². The SMILES string of the molecule is CCC(C)Oc1c(C=C2C(=O)NN(c3ccccc3)C2=O)cc(Br)cc1OC. The molecule has 146 valence electrons. The molecule has 1 fully saturated rings. The Morgan fingerprint density at radius 2 is 1.93 bits per heavy atom. The molecule has 1 unspecified atom stereocenters. The fraction of sp³-hybridized carbons (Fsp3) is 0.238. The van der Waals surface area contributed by atoms with Gasteiger partial charge in [0.25, 0.3) is 11.8 Å². The zero-order valence-electron chi connectivity index (χ0n) is 15.9. The highest BCUT2D eigenvalue weighted by Gasteiger charge is 2.34. The highest BCUT2D eigenvalue weighted by molar-refractivity contribution is 9.10. The Labute approximate surface area is 172 Å². The standard InChI is InChI=1S/C21H21BrN2O4/c1-4-13(2)28-19-14(10-15(22)12-18(19)27-3)11-17-20(25)23-24(21(17)26)16-8-6-5-7-9-16/h5-13H,4H2,1-3H3,(H,23,25). The molecular formula is C21H21BrN2O4. The van der Waals surface area contributed by atoms with Gasteiger partial charge in [0.2, 0.25) is 0 Å². The number of halogens is 1. The number of nitrogens with one attached hydrogen (secondary N) is 1. The lowest BCUT2D eigenvalue weighted by atomic mass is 10.1. The van der Waals surface area contributed by atoms with E-state index in [1.54, 1.807) is 43.5 Å². The number of ether oxygens (including phenoxy) is 2. The molecule has 7 heteroatoms. The molecule has 1 aliphatic rings. The molecule has 28 heavy (non-hydrogen) atoms. The molecule has 0 radical (unpaired) electrons. The molecule has 0 aliphatic carbocycles. The third-order valence-corrected chi connectivity index (χ3v) is 4.83. The second-order valence-corrected chi connectivity index (χ2v) is 7.25. The number of hydrogen-bond acceptors (Lipinski definition) is 4. The minimum atomic E-state index is -0.470. The normalized spacial score (nSPS) is 16.3. The van der Waals surface area contributed by atoms with Gasteiger partial charge in [0, 0.05) is 10.0 Å². The van der Waals surface area contributed by atoms with Crippen LogP contribution in [0.3, 0.4) is 0 Å². The van der Waals surface area contributed by atoms with Crippen molar-refractivity contribution in [3.63, 3.8) is 0 Å². The number of nitrogens with zero attached hydrogens (tertiary/aromatic N) is 1. The first-order valence-electron chi connectivity index (χ1n) is 8.91. The van der Waals surface area contributed by atoms with Crippen LogP contribution in [0.5, 0.6) is 11.5 Å². The van der Waals surface area contributed by atoms with E-state index >= 15 is 0 Å². The quantitative estimate of drug-likeness (QED) is 0.537. The highest BCUT2D eigenvalue weighted by Crippen LogP contribution is 2.37. The minimum absolute atomic E-state index is 0.0259. The number of para-hydroxylation sites is 1. The zero-order valence-corrected chi connectivity index (χ0v) is 17.4. The van der Waals surface area contributed by atoms with Gasteiger partial charge in [0.1, 0.15) is 5.57 Å². The molecule has 1 atom stereocenters. The van der Waals surface area contributed by atoms with E-state index < -0.39 is 11.8 Å². The fourth-order valence-electron chi connectivity index (χ4n) is 2.73. The molecule has 2 aromatic carbocycles. The summed E-state index contributed by atoms with van der Waals surface area (Å²) in [6.07, 6.45) is 2.28. The van der Waals surface area contributed by atoms with E-state index in [0.29, 0.717) is 22.7 Å². The summed E-state index contributed by atoms with van der Waals surface area (Å²) in [6.45, 7) is 3.96. The number of hydrazine groups is 1. The maximum Gasteiger partial charge on any atom is 0.282 e. The lowest BCUT2D eigenvalue weighted by molar-refractivity contribution is -0.117. The van der Waals surface area contributed by atoms with Gasteiger partial charge in [0.15, 0.2) is 11.5 Å². The second kappa shape index (κ2) is 8.48. The third kappa shape index (κ3) is 4.04.